The number of carbonyl (C=O) groups excluding carboxylic acids is 1. The van der Waals surface area contributed by atoms with Gasteiger partial charge in [0.2, 0.25) is 5.95 Å². The summed E-state index contributed by atoms with van der Waals surface area (Å²) < 4.78 is 18.9. The standard InChI is InChI=1S/C16H12Cl2FN3O2/c1-2-24-15(23)12-9(19)6-7-11-14(12)22-16(21-11)20-10-5-3-4-8(17)13(10)18/h3-7H,2H2,1H3,(H2,20,21,22). The van der Waals surface area contributed by atoms with E-state index in [0.29, 0.717) is 27.2 Å². The fraction of sp³-hybridized carbons (Fsp3) is 0.125. The minimum absolute atomic E-state index is 0.141. The minimum atomic E-state index is -0.764. The van der Waals surface area contributed by atoms with Gasteiger partial charge in [0.1, 0.15) is 16.9 Å². The number of carbonyl (C=O) groups is 1. The summed E-state index contributed by atoms with van der Waals surface area (Å²) >= 11 is 12.1. The van der Waals surface area contributed by atoms with Gasteiger partial charge in [0.05, 0.1) is 27.9 Å². The Balaban J connectivity index is 2.04. The molecule has 0 aliphatic carbocycles. The van der Waals surface area contributed by atoms with E-state index in [4.69, 9.17) is 27.9 Å². The zero-order valence-corrected chi connectivity index (χ0v) is 14.0. The molecule has 1 heterocycles. The van der Waals surface area contributed by atoms with Crippen LogP contribution in [0.2, 0.25) is 10.0 Å². The highest BCUT2D eigenvalue weighted by Crippen LogP contribution is 2.32. The van der Waals surface area contributed by atoms with Crippen molar-refractivity contribution in [2.45, 2.75) is 6.92 Å². The number of fused-ring (bicyclic) bond motifs is 1. The number of esters is 1. The molecule has 0 radical (unpaired) electrons. The summed E-state index contributed by atoms with van der Waals surface area (Å²) in [5.41, 5.74) is 0.978. The van der Waals surface area contributed by atoms with Crippen LogP contribution in [-0.4, -0.2) is 22.5 Å². The Morgan fingerprint density at radius 3 is 2.88 bits per heavy atom. The highest BCUT2D eigenvalue weighted by molar-refractivity contribution is 6.43. The fourth-order valence-electron chi connectivity index (χ4n) is 2.24. The SMILES string of the molecule is CCOC(=O)c1c(F)ccc2[nH]c(Nc3cccc(Cl)c3Cl)nc12. The van der Waals surface area contributed by atoms with Crippen molar-refractivity contribution in [3.05, 3.63) is 51.8 Å². The minimum Gasteiger partial charge on any atom is -0.462 e. The molecular formula is C16H12Cl2FN3O2. The molecule has 0 amide bonds. The van der Waals surface area contributed by atoms with Crippen LogP contribution < -0.4 is 5.32 Å². The molecule has 0 saturated heterocycles. The molecule has 0 aliphatic heterocycles. The number of rotatable bonds is 4. The van der Waals surface area contributed by atoms with Crippen molar-refractivity contribution in [1.29, 1.82) is 0 Å². The number of anilines is 2. The van der Waals surface area contributed by atoms with Gasteiger partial charge in [0.25, 0.3) is 0 Å². The van der Waals surface area contributed by atoms with Crippen LogP contribution in [0.4, 0.5) is 16.0 Å². The second-order valence-electron chi connectivity index (χ2n) is 4.85. The molecule has 24 heavy (non-hydrogen) atoms. The quantitative estimate of drug-likeness (QED) is 0.641. The lowest BCUT2D eigenvalue weighted by molar-refractivity contribution is 0.0523. The van der Waals surface area contributed by atoms with Gasteiger partial charge in [-0.2, -0.15) is 0 Å². The maximum absolute atomic E-state index is 14.0. The van der Waals surface area contributed by atoms with Crippen LogP contribution in [-0.2, 0) is 4.74 Å². The molecule has 0 aliphatic rings. The highest BCUT2D eigenvalue weighted by Gasteiger charge is 2.20. The second kappa shape index (κ2) is 6.67. The third-order valence-corrected chi connectivity index (χ3v) is 4.11. The smallest absolute Gasteiger partial charge is 0.343 e. The number of benzene rings is 2. The first-order valence-corrected chi connectivity index (χ1v) is 7.83. The number of H-pyrrole nitrogens is 1. The van der Waals surface area contributed by atoms with Gasteiger partial charge in [0, 0.05) is 0 Å². The summed E-state index contributed by atoms with van der Waals surface area (Å²) in [6.07, 6.45) is 0. The van der Waals surface area contributed by atoms with Gasteiger partial charge in [-0.05, 0) is 31.2 Å². The molecule has 5 nitrogen and oxygen atoms in total. The maximum Gasteiger partial charge on any atom is 0.343 e. The van der Waals surface area contributed by atoms with Gasteiger partial charge < -0.3 is 15.0 Å². The van der Waals surface area contributed by atoms with E-state index in [2.05, 4.69) is 15.3 Å². The number of imidazole rings is 1. The Bertz CT molecular complexity index is 927. The fourth-order valence-corrected chi connectivity index (χ4v) is 2.58. The summed E-state index contributed by atoms with van der Waals surface area (Å²) in [4.78, 5) is 19.2. The third-order valence-electron chi connectivity index (χ3n) is 3.29. The number of ether oxygens (including phenoxy) is 1. The predicted octanol–water partition coefficient (Wildman–Crippen LogP) is 4.93. The van der Waals surface area contributed by atoms with Crippen molar-refractivity contribution in [3.8, 4) is 0 Å². The van der Waals surface area contributed by atoms with Gasteiger partial charge in [-0.1, -0.05) is 29.3 Å². The number of hydrogen-bond acceptors (Lipinski definition) is 4. The van der Waals surface area contributed by atoms with Crippen molar-refractivity contribution in [3.63, 3.8) is 0 Å². The van der Waals surface area contributed by atoms with Crippen LogP contribution in [0.15, 0.2) is 30.3 Å². The summed E-state index contributed by atoms with van der Waals surface area (Å²) in [7, 11) is 0. The molecule has 0 fully saturated rings. The van der Waals surface area contributed by atoms with Gasteiger partial charge >= 0.3 is 5.97 Å². The summed E-state index contributed by atoms with van der Waals surface area (Å²) in [5.74, 6) is -1.16. The monoisotopic (exact) mass is 367 g/mol. The Kier molecular flexibility index (Phi) is 4.59. The van der Waals surface area contributed by atoms with Crippen LogP contribution >= 0.6 is 23.2 Å². The molecule has 2 aromatic carbocycles. The van der Waals surface area contributed by atoms with E-state index in [1.165, 1.54) is 12.1 Å². The summed E-state index contributed by atoms with van der Waals surface area (Å²) in [5, 5.41) is 3.68. The Morgan fingerprint density at radius 2 is 2.12 bits per heavy atom. The van der Waals surface area contributed by atoms with E-state index >= 15 is 0 Å². The average Bonchev–Trinajstić information content (AvgIpc) is 2.94. The lowest BCUT2D eigenvalue weighted by Crippen LogP contribution is -2.08. The molecule has 3 aromatic rings. The van der Waals surface area contributed by atoms with Crippen molar-refractivity contribution in [1.82, 2.24) is 9.97 Å². The lowest BCUT2D eigenvalue weighted by atomic mass is 10.2. The first-order valence-electron chi connectivity index (χ1n) is 7.07. The van der Waals surface area contributed by atoms with Crippen LogP contribution in [0.25, 0.3) is 11.0 Å². The van der Waals surface area contributed by atoms with Gasteiger partial charge in [0.15, 0.2) is 0 Å². The highest BCUT2D eigenvalue weighted by atomic mass is 35.5. The number of hydrogen-bond donors (Lipinski definition) is 2. The number of halogens is 3. The van der Waals surface area contributed by atoms with E-state index in [0.717, 1.165) is 0 Å². The van der Waals surface area contributed by atoms with Gasteiger partial charge in [-0.25, -0.2) is 14.2 Å². The zero-order valence-electron chi connectivity index (χ0n) is 12.5. The first-order chi connectivity index (χ1) is 11.5. The van der Waals surface area contributed by atoms with Crippen LogP contribution in [0.5, 0.6) is 0 Å². The number of aromatic amines is 1. The first kappa shape index (κ1) is 16.5. The zero-order chi connectivity index (χ0) is 17.3. The van der Waals surface area contributed by atoms with Crippen LogP contribution in [0.1, 0.15) is 17.3 Å². The molecule has 1 aromatic heterocycles. The lowest BCUT2D eigenvalue weighted by Gasteiger charge is -2.06. The van der Waals surface area contributed by atoms with Gasteiger partial charge in [-0.15, -0.1) is 0 Å². The largest absolute Gasteiger partial charge is 0.462 e. The molecule has 0 spiro atoms. The molecule has 0 saturated carbocycles. The van der Waals surface area contributed by atoms with E-state index in [9.17, 15) is 9.18 Å². The summed E-state index contributed by atoms with van der Waals surface area (Å²) in [6.45, 7) is 1.79. The molecule has 2 N–H and O–H groups in total. The Labute approximate surface area is 146 Å². The maximum atomic E-state index is 14.0. The predicted molar refractivity (Wildman–Crippen MR) is 91.8 cm³/mol. The molecular weight excluding hydrogens is 356 g/mol. The molecule has 3 rings (SSSR count). The molecule has 0 unspecified atom stereocenters. The Hall–Kier alpha value is -2.31. The normalized spacial score (nSPS) is 10.8. The number of nitrogens with zero attached hydrogens (tertiary/aromatic N) is 1. The second-order valence-corrected chi connectivity index (χ2v) is 5.64. The molecule has 0 bridgehead atoms. The van der Waals surface area contributed by atoms with Gasteiger partial charge in [-0.3, -0.25) is 0 Å². The van der Waals surface area contributed by atoms with Crippen molar-refractivity contribution in [2.24, 2.45) is 0 Å². The topological polar surface area (TPSA) is 67.0 Å². The van der Waals surface area contributed by atoms with Crippen molar-refractivity contribution < 1.29 is 13.9 Å². The van der Waals surface area contributed by atoms with E-state index < -0.39 is 11.8 Å². The number of nitrogens with one attached hydrogen (secondary N) is 2. The van der Waals surface area contributed by atoms with Crippen molar-refractivity contribution >= 4 is 51.8 Å². The third kappa shape index (κ3) is 3.02. The summed E-state index contributed by atoms with van der Waals surface area (Å²) in [6, 6.07) is 7.77. The van der Waals surface area contributed by atoms with E-state index in [1.807, 2.05) is 0 Å². The number of aromatic nitrogens is 2. The Morgan fingerprint density at radius 1 is 1.33 bits per heavy atom. The van der Waals surface area contributed by atoms with E-state index in [1.54, 1.807) is 25.1 Å². The molecule has 124 valence electrons. The van der Waals surface area contributed by atoms with Crippen LogP contribution in [0, 0.1) is 5.82 Å². The average molecular weight is 368 g/mol. The molecule has 0 atom stereocenters. The van der Waals surface area contributed by atoms with Crippen LogP contribution in [0.3, 0.4) is 0 Å². The van der Waals surface area contributed by atoms with Crippen molar-refractivity contribution in [2.75, 3.05) is 11.9 Å². The van der Waals surface area contributed by atoms with E-state index in [-0.39, 0.29) is 17.7 Å². The molecule has 8 heteroatoms.